The molecule has 138 valence electrons. The molecule has 1 aliphatic heterocycles. The number of anilines is 2. The van der Waals surface area contributed by atoms with Gasteiger partial charge in [0.1, 0.15) is 5.75 Å². The fourth-order valence-corrected chi connectivity index (χ4v) is 2.93. The first-order valence-corrected chi connectivity index (χ1v) is 8.58. The van der Waals surface area contributed by atoms with Crippen LogP contribution in [0, 0.1) is 11.3 Å². The van der Waals surface area contributed by atoms with Crippen LogP contribution in [0.2, 0.25) is 0 Å². The quantitative estimate of drug-likeness (QED) is 0.842. The predicted octanol–water partition coefficient (Wildman–Crippen LogP) is 1.70. The van der Waals surface area contributed by atoms with Crippen molar-refractivity contribution in [2.24, 2.45) is 0 Å². The summed E-state index contributed by atoms with van der Waals surface area (Å²) in [7, 11) is 1.55. The number of para-hydroxylation sites is 2. The summed E-state index contributed by atoms with van der Waals surface area (Å²) < 4.78 is 5.74. The molecule has 1 atom stereocenters. The van der Waals surface area contributed by atoms with Crippen molar-refractivity contribution >= 4 is 23.2 Å². The van der Waals surface area contributed by atoms with Crippen molar-refractivity contribution in [1.82, 2.24) is 5.32 Å². The van der Waals surface area contributed by atoms with Crippen molar-refractivity contribution in [2.45, 2.75) is 12.5 Å². The summed E-state index contributed by atoms with van der Waals surface area (Å²) in [6.07, 6.45) is -0.345. The standard InChI is InChI=1S/C20H20N4O3/c1-22-20(26)18-12-24(16-4-2-3-5-17(16)27-18)13-19(25)23-15-8-6-14(7-9-15)10-11-21/h2-9,18H,10,12-13H2,1H3,(H,22,26)(H,23,25)/t18-/m1/s1. The lowest BCUT2D eigenvalue weighted by molar-refractivity contribution is -0.127. The van der Waals surface area contributed by atoms with Gasteiger partial charge in [-0.1, -0.05) is 24.3 Å². The van der Waals surface area contributed by atoms with Crippen LogP contribution in [0.1, 0.15) is 5.56 Å². The molecule has 2 aromatic rings. The Morgan fingerprint density at radius 2 is 1.96 bits per heavy atom. The molecule has 1 aliphatic rings. The predicted molar refractivity (Wildman–Crippen MR) is 102 cm³/mol. The van der Waals surface area contributed by atoms with Crippen LogP contribution >= 0.6 is 0 Å². The third-order valence-electron chi connectivity index (χ3n) is 4.26. The molecular weight excluding hydrogens is 344 g/mol. The highest BCUT2D eigenvalue weighted by Crippen LogP contribution is 2.32. The number of rotatable bonds is 5. The second-order valence-corrected chi connectivity index (χ2v) is 6.15. The van der Waals surface area contributed by atoms with Gasteiger partial charge in [0.05, 0.1) is 31.3 Å². The first-order chi connectivity index (χ1) is 13.1. The van der Waals surface area contributed by atoms with E-state index >= 15 is 0 Å². The third-order valence-corrected chi connectivity index (χ3v) is 4.26. The van der Waals surface area contributed by atoms with Crippen LogP contribution in [0.15, 0.2) is 48.5 Å². The summed E-state index contributed by atoms with van der Waals surface area (Å²) in [6, 6.07) is 16.6. The molecule has 0 fully saturated rings. The Kier molecular flexibility index (Phi) is 5.57. The van der Waals surface area contributed by atoms with Crippen molar-refractivity contribution in [3.8, 4) is 11.8 Å². The zero-order chi connectivity index (χ0) is 19.2. The van der Waals surface area contributed by atoms with Crippen molar-refractivity contribution in [1.29, 1.82) is 5.26 Å². The molecule has 2 aromatic carbocycles. The Balaban J connectivity index is 1.70. The molecule has 0 bridgehead atoms. The van der Waals surface area contributed by atoms with E-state index in [1.807, 2.05) is 35.2 Å². The SMILES string of the molecule is CNC(=O)[C@H]1CN(CC(=O)Nc2ccc(CC#N)cc2)c2ccccc2O1. The number of carbonyl (C=O) groups is 2. The number of likely N-dealkylation sites (N-methyl/N-ethyl adjacent to an activating group) is 1. The summed E-state index contributed by atoms with van der Waals surface area (Å²) in [5, 5.41) is 14.1. The van der Waals surface area contributed by atoms with Crippen LogP contribution in [0.3, 0.4) is 0 Å². The normalized spacial score (nSPS) is 15.1. The maximum absolute atomic E-state index is 12.5. The molecule has 1 heterocycles. The Morgan fingerprint density at radius 3 is 2.67 bits per heavy atom. The number of nitrogens with zero attached hydrogens (tertiary/aromatic N) is 2. The van der Waals surface area contributed by atoms with Gasteiger partial charge in [-0.25, -0.2) is 0 Å². The number of ether oxygens (including phenoxy) is 1. The van der Waals surface area contributed by atoms with E-state index in [2.05, 4.69) is 16.7 Å². The van der Waals surface area contributed by atoms with Gasteiger partial charge >= 0.3 is 0 Å². The lowest BCUT2D eigenvalue weighted by Gasteiger charge is -2.34. The fourth-order valence-electron chi connectivity index (χ4n) is 2.93. The van der Waals surface area contributed by atoms with E-state index in [4.69, 9.17) is 10.00 Å². The molecule has 0 unspecified atom stereocenters. The van der Waals surface area contributed by atoms with Gasteiger partial charge < -0.3 is 20.3 Å². The number of nitriles is 1. The van der Waals surface area contributed by atoms with E-state index in [1.165, 1.54) is 0 Å². The smallest absolute Gasteiger partial charge is 0.262 e. The number of hydrogen-bond acceptors (Lipinski definition) is 5. The molecule has 27 heavy (non-hydrogen) atoms. The van der Waals surface area contributed by atoms with Crippen LogP contribution < -0.4 is 20.3 Å². The summed E-state index contributed by atoms with van der Waals surface area (Å²) in [5.41, 5.74) is 2.33. The van der Waals surface area contributed by atoms with Gasteiger partial charge in [0.15, 0.2) is 6.10 Å². The lowest BCUT2D eigenvalue weighted by Crippen LogP contribution is -2.50. The molecule has 0 aromatic heterocycles. The summed E-state index contributed by atoms with van der Waals surface area (Å²) in [4.78, 5) is 26.3. The molecule has 0 spiro atoms. The largest absolute Gasteiger partial charge is 0.477 e. The van der Waals surface area contributed by atoms with E-state index in [0.717, 1.165) is 11.3 Å². The molecule has 0 aliphatic carbocycles. The second-order valence-electron chi connectivity index (χ2n) is 6.15. The molecule has 0 saturated carbocycles. The van der Waals surface area contributed by atoms with Crippen molar-refractivity contribution in [3.63, 3.8) is 0 Å². The highest BCUT2D eigenvalue weighted by atomic mass is 16.5. The maximum Gasteiger partial charge on any atom is 0.262 e. The Morgan fingerprint density at radius 1 is 1.22 bits per heavy atom. The average Bonchev–Trinajstić information content (AvgIpc) is 2.69. The molecule has 3 rings (SSSR count). The molecule has 7 heteroatoms. The van der Waals surface area contributed by atoms with Crippen molar-refractivity contribution in [3.05, 3.63) is 54.1 Å². The topological polar surface area (TPSA) is 94.5 Å². The average molecular weight is 364 g/mol. The van der Waals surface area contributed by atoms with Gasteiger partial charge in [-0.3, -0.25) is 9.59 Å². The van der Waals surface area contributed by atoms with Gasteiger partial charge in [-0.05, 0) is 29.8 Å². The Bertz CT molecular complexity index is 874. The minimum atomic E-state index is -0.678. The first-order valence-electron chi connectivity index (χ1n) is 8.58. The molecule has 2 N–H and O–H groups in total. The summed E-state index contributed by atoms with van der Waals surface area (Å²) in [6.45, 7) is 0.374. The number of fused-ring (bicyclic) bond motifs is 1. The molecule has 2 amide bonds. The van der Waals surface area contributed by atoms with E-state index in [0.29, 0.717) is 17.9 Å². The van der Waals surface area contributed by atoms with E-state index in [1.54, 1.807) is 25.2 Å². The number of hydrogen-bond donors (Lipinski definition) is 2. The lowest BCUT2D eigenvalue weighted by atomic mass is 10.1. The van der Waals surface area contributed by atoms with Gasteiger partial charge in [-0.2, -0.15) is 5.26 Å². The molecular formula is C20H20N4O3. The van der Waals surface area contributed by atoms with Crippen molar-refractivity contribution in [2.75, 3.05) is 30.4 Å². The third kappa shape index (κ3) is 4.36. The minimum Gasteiger partial charge on any atom is -0.477 e. The van der Waals surface area contributed by atoms with Crippen LogP contribution in [0.25, 0.3) is 0 Å². The fraction of sp³-hybridized carbons (Fsp3) is 0.250. The second kappa shape index (κ2) is 8.23. The first kappa shape index (κ1) is 18.3. The number of carbonyl (C=O) groups excluding carboxylic acids is 2. The summed E-state index contributed by atoms with van der Waals surface area (Å²) in [5.74, 6) is 0.143. The van der Waals surface area contributed by atoms with Crippen LogP contribution in [0.5, 0.6) is 5.75 Å². The zero-order valence-corrected chi connectivity index (χ0v) is 14.9. The van der Waals surface area contributed by atoms with E-state index in [9.17, 15) is 9.59 Å². The van der Waals surface area contributed by atoms with Crippen molar-refractivity contribution < 1.29 is 14.3 Å². The Labute approximate surface area is 157 Å². The number of nitrogens with one attached hydrogen (secondary N) is 2. The van der Waals surface area contributed by atoms with Crippen LogP contribution in [-0.4, -0.2) is 38.1 Å². The van der Waals surface area contributed by atoms with Gasteiger partial charge in [0, 0.05) is 12.7 Å². The molecule has 7 nitrogen and oxygen atoms in total. The zero-order valence-electron chi connectivity index (χ0n) is 14.9. The van der Waals surface area contributed by atoms with E-state index in [-0.39, 0.29) is 24.9 Å². The van der Waals surface area contributed by atoms with Crippen LogP contribution in [0.4, 0.5) is 11.4 Å². The number of benzene rings is 2. The maximum atomic E-state index is 12.5. The van der Waals surface area contributed by atoms with E-state index < -0.39 is 6.10 Å². The molecule has 0 radical (unpaired) electrons. The van der Waals surface area contributed by atoms with Crippen LogP contribution in [-0.2, 0) is 16.0 Å². The Hall–Kier alpha value is -3.53. The minimum absolute atomic E-state index is 0.0911. The highest BCUT2D eigenvalue weighted by Gasteiger charge is 2.30. The van der Waals surface area contributed by atoms with Gasteiger partial charge in [0.25, 0.3) is 5.91 Å². The number of amides is 2. The molecule has 0 saturated heterocycles. The van der Waals surface area contributed by atoms with Gasteiger partial charge in [-0.15, -0.1) is 0 Å². The van der Waals surface area contributed by atoms with Gasteiger partial charge in [0.2, 0.25) is 5.91 Å². The highest BCUT2D eigenvalue weighted by molar-refractivity contribution is 5.95. The monoisotopic (exact) mass is 364 g/mol. The summed E-state index contributed by atoms with van der Waals surface area (Å²) >= 11 is 0.